The standard InChI is InChI=1S/C27H44O3/c1-18(8-9-19(2)26(3,4)30)24-12-13-25-21(7-6-14-27(24,25)5)11-10-20-15-22(28)17-23(29)16-20/h8-11,18-19,22-25,28-30H,6-7,12-17H2,1-5H3/b9-8+,20-10?,21-11+/t18-,19+,22-,23+,24?,25?,27-/m1/s1. The lowest BCUT2D eigenvalue weighted by Gasteiger charge is -2.44. The van der Waals surface area contributed by atoms with Crippen molar-refractivity contribution in [3.63, 3.8) is 0 Å². The van der Waals surface area contributed by atoms with Gasteiger partial charge in [-0.1, -0.05) is 56.2 Å². The zero-order valence-corrected chi connectivity index (χ0v) is 19.8. The summed E-state index contributed by atoms with van der Waals surface area (Å²) >= 11 is 0. The highest BCUT2D eigenvalue weighted by Gasteiger charge is 2.50. The first-order valence-corrected chi connectivity index (χ1v) is 12.2. The number of allylic oxidation sites excluding steroid dienone is 4. The maximum atomic E-state index is 10.2. The zero-order valence-electron chi connectivity index (χ0n) is 19.8. The summed E-state index contributed by atoms with van der Waals surface area (Å²) < 4.78 is 0. The number of aliphatic hydroxyl groups excluding tert-OH is 2. The summed E-state index contributed by atoms with van der Waals surface area (Å²) in [6, 6.07) is 0. The summed E-state index contributed by atoms with van der Waals surface area (Å²) in [5.41, 5.74) is 2.43. The van der Waals surface area contributed by atoms with Crippen LogP contribution in [0.3, 0.4) is 0 Å². The minimum Gasteiger partial charge on any atom is -0.393 e. The summed E-state index contributed by atoms with van der Waals surface area (Å²) in [5, 5.41) is 30.2. The minimum atomic E-state index is -0.674. The Morgan fingerprint density at radius 2 is 1.70 bits per heavy atom. The highest BCUT2D eigenvalue weighted by molar-refractivity contribution is 5.26. The van der Waals surface area contributed by atoms with E-state index in [9.17, 15) is 15.3 Å². The molecule has 0 amide bonds. The molecule has 0 aromatic rings. The molecule has 7 atom stereocenters. The molecule has 0 heterocycles. The first kappa shape index (κ1) is 23.8. The summed E-state index contributed by atoms with van der Waals surface area (Å²) in [5.74, 6) is 2.00. The Morgan fingerprint density at radius 3 is 2.33 bits per heavy atom. The predicted octanol–water partition coefficient (Wildman–Crippen LogP) is 5.56. The van der Waals surface area contributed by atoms with Crippen molar-refractivity contribution in [3.05, 3.63) is 35.5 Å². The van der Waals surface area contributed by atoms with E-state index in [1.165, 1.54) is 37.7 Å². The average molecular weight is 417 g/mol. The predicted molar refractivity (Wildman–Crippen MR) is 124 cm³/mol. The van der Waals surface area contributed by atoms with Crippen LogP contribution in [0.4, 0.5) is 0 Å². The molecule has 3 rings (SSSR count). The van der Waals surface area contributed by atoms with Crippen molar-refractivity contribution in [2.75, 3.05) is 0 Å². The van der Waals surface area contributed by atoms with Gasteiger partial charge in [0.05, 0.1) is 17.8 Å². The first-order valence-electron chi connectivity index (χ1n) is 12.2. The fraction of sp³-hybridized carbons (Fsp3) is 0.778. The number of hydrogen-bond acceptors (Lipinski definition) is 3. The number of fused-ring (bicyclic) bond motifs is 1. The van der Waals surface area contributed by atoms with Gasteiger partial charge in [0.1, 0.15) is 0 Å². The van der Waals surface area contributed by atoms with Gasteiger partial charge in [-0.3, -0.25) is 0 Å². The van der Waals surface area contributed by atoms with E-state index >= 15 is 0 Å². The molecule has 0 bridgehead atoms. The van der Waals surface area contributed by atoms with Gasteiger partial charge in [0.2, 0.25) is 0 Å². The van der Waals surface area contributed by atoms with Crippen molar-refractivity contribution in [2.45, 2.75) is 104 Å². The van der Waals surface area contributed by atoms with Crippen molar-refractivity contribution in [3.8, 4) is 0 Å². The topological polar surface area (TPSA) is 60.7 Å². The van der Waals surface area contributed by atoms with Gasteiger partial charge in [0, 0.05) is 5.92 Å². The lowest BCUT2D eigenvalue weighted by Crippen LogP contribution is -2.35. The van der Waals surface area contributed by atoms with Gasteiger partial charge in [-0.25, -0.2) is 0 Å². The van der Waals surface area contributed by atoms with Crippen LogP contribution < -0.4 is 0 Å². The molecule has 30 heavy (non-hydrogen) atoms. The Bertz CT molecular complexity index is 671. The lowest BCUT2D eigenvalue weighted by molar-refractivity contribution is 0.0436. The molecule has 3 fully saturated rings. The van der Waals surface area contributed by atoms with Gasteiger partial charge < -0.3 is 15.3 Å². The summed E-state index contributed by atoms with van der Waals surface area (Å²) in [6.07, 6.45) is 16.5. The quantitative estimate of drug-likeness (QED) is 0.514. The smallest absolute Gasteiger partial charge is 0.0651 e. The normalized spacial score (nSPS) is 40.1. The van der Waals surface area contributed by atoms with E-state index in [0.29, 0.717) is 42.4 Å². The zero-order chi connectivity index (χ0) is 22.1. The molecule has 0 spiro atoms. The number of aliphatic hydroxyl groups is 3. The van der Waals surface area contributed by atoms with Crippen LogP contribution in [0.15, 0.2) is 35.5 Å². The van der Waals surface area contributed by atoms with Crippen LogP contribution in [0.1, 0.15) is 86.0 Å². The van der Waals surface area contributed by atoms with Crippen LogP contribution in [-0.4, -0.2) is 33.1 Å². The second kappa shape index (κ2) is 9.30. The van der Waals surface area contributed by atoms with Crippen LogP contribution in [-0.2, 0) is 0 Å². The van der Waals surface area contributed by atoms with Crippen LogP contribution in [0, 0.1) is 29.1 Å². The van der Waals surface area contributed by atoms with Gasteiger partial charge >= 0.3 is 0 Å². The maximum Gasteiger partial charge on any atom is 0.0651 e. The summed E-state index contributed by atoms with van der Waals surface area (Å²) in [4.78, 5) is 0. The molecule has 0 radical (unpaired) electrons. The molecule has 0 aromatic carbocycles. The van der Waals surface area contributed by atoms with Gasteiger partial charge in [-0.05, 0) is 88.4 Å². The highest BCUT2D eigenvalue weighted by atomic mass is 16.3. The van der Waals surface area contributed by atoms with Crippen LogP contribution in [0.2, 0.25) is 0 Å². The van der Waals surface area contributed by atoms with Crippen molar-refractivity contribution in [1.82, 2.24) is 0 Å². The summed E-state index contributed by atoms with van der Waals surface area (Å²) in [6.45, 7) is 10.7. The number of rotatable bonds is 5. The molecular weight excluding hydrogens is 372 g/mol. The third-order valence-corrected chi connectivity index (χ3v) is 8.56. The fourth-order valence-electron chi connectivity index (χ4n) is 6.39. The molecule has 0 aromatic heterocycles. The highest BCUT2D eigenvalue weighted by Crippen LogP contribution is 2.59. The molecule has 3 aliphatic carbocycles. The van der Waals surface area contributed by atoms with E-state index in [-0.39, 0.29) is 5.92 Å². The number of hydrogen-bond donors (Lipinski definition) is 3. The SMILES string of the molecule is C[C@H](/C=C/[C@H](C)C(C)(C)O)C1CCC2/C(=C/C=C3C[C@@H](O)C[C@@H](O)C3)CCC[C@@]21C. The van der Waals surface area contributed by atoms with Crippen LogP contribution in [0.5, 0.6) is 0 Å². The largest absolute Gasteiger partial charge is 0.393 e. The van der Waals surface area contributed by atoms with Crippen molar-refractivity contribution < 1.29 is 15.3 Å². The van der Waals surface area contributed by atoms with Gasteiger partial charge in [0.15, 0.2) is 0 Å². The molecule has 0 aliphatic heterocycles. The van der Waals surface area contributed by atoms with E-state index in [1.807, 2.05) is 13.8 Å². The van der Waals surface area contributed by atoms with Crippen molar-refractivity contribution >= 4 is 0 Å². The third-order valence-electron chi connectivity index (χ3n) is 8.56. The van der Waals surface area contributed by atoms with E-state index in [2.05, 4.69) is 45.1 Å². The van der Waals surface area contributed by atoms with Gasteiger partial charge in [-0.2, -0.15) is 0 Å². The van der Waals surface area contributed by atoms with E-state index < -0.39 is 17.8 Å². The van der Waals surface area contributed by atoms with E-state index in [4.69, 9.17) is 0 Å². The second-order valence-corrected chi connectivity index (χ2v) is 11.3. The molecular formula is C27H44O3. The summed E-state index contributed by atoms with van der Waals surface area (Å²) in [7, 11) is 0. The Kier molecular flexibility index (Phi) is 7.37. The molecule has 2 unspecified atom stereocenters. The van der Waals surface area contributed by atoms with E-state index in [0.717, 1.165) is 0 Å². The van der Waals surface area contributed by atoms with Gasteiger partial charge in [0.25, 0.3) is 0 Å². The molecule has 0 saturated heterocycles. The minimum absolute atomic E-state index is 0.152. The maximum absolute atomic E-state index is 10.2. The van der Waals surface area contributed by atoms with Crippen molar-refractivity contribution in [2.24, 2.45) is 29.1 Å². The average Bonchev–Trinajstić information content (AvgIpc) is 3.00. The molecule has 170 valence electrons. The molecule has 3 saturated carbocycles. The second-order valence-electron chi connectivity index (χ2n) is 11.3. The molecule has 3 aliphatic rings. The fourth-order valence-corrected chi connectivity index (χ4v) is 6.39. The Hall–Kier alpha value is -0.900. The van der Waals surface area contributed by atoms with Crippen molar-refractivity contribution in [1.29, 1.82) is 0 Å². The Labute approximate surface area is 184 Å². The van der Waals surface area contributed by atoms with E-state index in [1.54, 1.807) is 5.57 Å². The Morgan fingerprint density at radius 1 is 1.03 bits per heavy atom. The lowest BCUT2D eigenvalue weighted by atomic mass is 9.61. The van der Waals surface area contributed by atoms with Crippen LogP contribution in [0.25, 0.3) is 0 Å². The molecule has 3 heteroatoms. The monoisotopic (exact) mass is 416 g/mol. The van der Waals surface area contributed by atoms with Gasteiger partial charge in [-0.15, -0.1) is 0 Å². The first-order chi connectivity index (χ1) is 14.0. The Balaban J connectivity index is 1.73. The third kappa shape index (κ3) is 5.29. The van der Waals surface area contributed by atoms with Crippen LogP contribution >= 0.6 is 0 Å². The molecule has 3 nitrogen and oxygen atoms in total. The molecule has 3 N–H and O–H groups in total.